The summed E-state index contributed by atoms with van der Waals surface area (Å²) in [6.45, 7) is 0. The molecular formula is C20H18ClN3O4S. The van der Waals surface area contributed by atoms with Gasteiger partial charge in [-0.1, -0.05) is 29.8 Å². The summed E-state index contributed by atoms with van der Waals surface area (Å²) in [7, 11) is -4.04. The van der Waals surface area contributed by atoms with Crippen LogP contribution in [0, 0.1) is 0 Å². The van der Waals surface area contributed by atoms with E-state index in [4.69, 9.17) is 21.5 Å². The second kappa shape index (κ2) is 7.62. The number of halogens is 1. The topological polar surface area (TPSA) is 111 Å². The molecule has 0 aliphatic heterocycles. The molecule has 1 amide bonds. The first-order chi connectivity index (χ1) is 13.8. The van der Waals surface area contributed by atoms with E-state index in [0.29, 0.717) is 27.2 Å². The van der Waals surface area contributed by atoms with Crippen molar-refractivity contribution in [3.63, 3.8) is 0 Å². The summed E-state index contributed by atoms with van der Waals surface area (Å²) in [6.07, 6.45) is 3.44. The van der Waals surface area contributed by atoms with Gasteiger partial charge in [-0.05, 0) is 42.7 Å². The largest absolute Gasteiger partial charge is 0.474 e. The molecule has 0 atom stereocenters. The quantitative estimate of drug-likeness (QED) is 0.622. The van der Waals surface area contributed by atoms with Crippen molar-refractivity contribution in [2.75, 3.05) is 5.32 Å². The predicted molar refractivity (Wildman–Crippen MR) is 111 cm³/mol. The van der Waals surface area contributed by atoms with Gasteiger partial charge in [0.2, 0.25) is 21.8 Å². The van der Waals surface area contributed by atoms with Crippen LogP contribution in [0.5, 0.6) is 5.88 Å². The maximum absolute atomic E-state index is 12.5. The normalized spacial score (nSPS) is 14.0. The molecule has 150 valence electrons. The van der Waals surface area contributed by atoms with Crippen LogP contribution < -0.4 is 15.2 Å². The van der Waals surface area contributed by atoms with Crippen LogP contribution in [0.4, 0.5) is 5.69 Å². The van der Waals surface area contributed by atoms with Crippen molar-refractivity contribution in [2.24, 2.45) is 5.14 Å². The molecule has 9 heteroatoms. The number of ether oxygens (including phenoxy) is 1. The lowest BCUT2D eigenvalue weighted by Gasteiger charge is -2.13. The third-order valence-corrected chi connectivity index (χ3v) is 5.83. The van der Waals surface area contributed by atoms with E-state index >= 15 is 0 Å². The maximum Gasteiger partial charge on any atom is 0.238 e. The number of hydrogen-bond acceptors (Lipinski definition) is 5. The van der Waals surface area contributed by atoms with Crippen LogP contribution in [-0.4, -0.2) is 25.4 Å². The Morgan fingerprint density at radius 3 is 2.66 bits per heavy atom. The molecule has 29 heavy (non-hydrogen) atoms. The fourth-order valence-corrected chi connectivity index (χ4v) is 3.97. The Kier molecular flexibility index (Phi) is 5.16. The number of hydrogen-bond donors (Lipinski definition) is 2. The van der Waals surface area contributed by atoms with Crippen LogP contribution in [0.25, 0.3) is 10.8 Å². The Labute approximate surface area is 172 Å². The number of carbonyl (C=O) groups excluding carboxylic acids is 1. The number of fused-ring (bicyclic) bond motifs is 1. The number of benzene rings is 2. The van der Waals surface area contributed by atoms with Crippen LogP contribution in [-0.2, 0) is 21.2 Å². The minimum Gasteiger partial charge on any atom is -0.474 e. The molecular weight excluding hydrogens is 414 g/mol. The summed E-state index contributed by atoms with van der Waals surface area (Å²) in [6, 6.07) is 11.6. The van der Waals surface area contributed by atoms with Crippen LogP contribution >= 0.6 is 11.6 Å². The van der Waals surface area contributed by atoms with Gasteiger partial charge in [0, 0.05) is 27.7 Å². The Morgan fingerprint density at radius 1 is 1.21 bits per heavy atom. The average Bonchev–Trinajstić information content (AvgIpc) is 3.47. The number of sulfonamides is 1. The lowest BCUT2D eigenvalue weighted by molar-refractivity contribution is -0.115. The van der Waals surface area contributed by atoms with Crippen molar-refractivity contribution in [1.29, 1.82) is 0 Å². The number of anilines is 1. The molecule has 1 fully saturated rings. The number of primary sulfonamides is 1. The van der Waals surface area contributed by atoms with E-state index in [-0.39, 0.29) is 29.0 Å². The van der Waals surface area contributed by atoms with Crippen LogP contribution in [0.1, 0.15) is 18.4 Å². The number of pyridine rings is 1. The Balaban J connectivity index is 1.72. The summed E-state index contributed by atoms with van der Waals surface area (Å²) in [4.78, 5) is 16.6. The molecule has 0 unspecified atom stereocenters. The highest BCUT2D eigenvalue weighted by Crippen LogP contribution is 2.35. The van der Waals surface area contributed by atoms with E-state index in [1.54, 1.807) is 36.4 Å². The number of aromatic nitrogens is 1. The molecule has 2 aromatic carbocycles. The third kappa shape index (κ3) is 4.50. The summed E-state index contributed by atoms with van der Waals surface area (Å²) >= 11 is 6.11. The van der Waals surface area contributed by atoms with Crippen molar-refractivity contribution in [2.45, 2.75) is 30.3 Å². The molecule has 1 aliphatic rings. The zero-order valence-electron chi connectivity index (χ0n) is 15.3. The molecule has 0 saturated heterocycles. The number of nitrogens with two attached hydrogens (primary N) is 1. The number of carbonyl (C=O) groups is 1. The summed E-state index contributed by atoms with van der Waals surface area (Å²) in [5.74, 6) is -0.0246. The van der Waals surface area contributed by atoms with Gasteiger partial charge < -0.3 is 10.1 Å². The van der Waals surface area contributed by atoms with E-state index in [1.807, 2.05) is 0 Å². The van der Waals surface area contributed by atoms with Gasteiger partial charge in [-0.3, -0.25) is 4.79 Å². The van der Waals surface area contributed by atoms with Gasteiger partial charge >= 0.3 is 0 Å². The average molecular weight is 432 g/mol. The molecule has 0 bridgehead atoms. The monoisotopic (exact) mass is 431 g/mol. The summed E-state index contributed by atoms with van der Waals surface area (Å²) < 4.78 is 30.1. The predicted octanol–water partition coefficient (Wildman–Crippen LogP) is 3.26. The van der Waals surface area contributed by atoms with E-state index in [0.717, 1.165) is 12.8 Å². The molecule has 1 aliphatic carbocycles. The van der Waals surface area contributed by atoms with Gasteiger partial charge in [0.05, 0.1) is 11.3 Å². The standard InChI is InChI=1S/C20H18ClN3O4S/c21-17-4-2-1-3-12(17)9-19(25)24-13-10-16-15(18(11-13)29(22,26)27)7-8-23-20(16)28-14-5-6-14/h1-4,7-8,10-11,14H,5-6,9H2,(H,24,25)(H2,22,26,27). The summed E-state index contributed by atoms with van der Waals surface area (Å²) in [5.41, 5.74) is 0.950. The van der Waals surface area contributed by atoms with Crippen molar-refractivity contribution in [3.05, 3.63) is 59.2 Å². The van der Waals surface area contributed by atoms with Gasteiger partial charge in [-0.25, -0.2) is 18.5 Å². The number of amides is 1. The van der Waals surface area contributed by atoms with Crippen LogP contribution in [0.15, 0.2) is 53.6 Å². The molecule has 3 N–H and O–H groups in total. The smallest absolute Gasteiger partial charge is 0.238 e. The van der Waals surface area contributed by atoms with E-state index in [9.17, 15) is 13.2 Å². The molecule has 3 aromatic rings. The Hall–Kier alpha value is -2.68. The maximum atomic E-state index is 12.5. The van der Waals surface area contributed by atoms with Crippen LogP contribution in [0.3, 0.4) is 0 Å². The molecule has 7 nitrogen and oxygen atoms in total. The number of nitrogens with zero attached hydrogens (tertiary/aromatic N) is 1. The van der Waals surface area contributed by atoms with E-state index in [2.05, 4.69) is 10.3 Å². The highest BCUT2D eigenvalue weighted by molar-refractivity contribution is 7.89. The summed E-state index contributed by atoms with van der Waals surface area (Å²) in [5, 5.41) is 9.47. The molecule has 4 rings (SSSR count). The van der Waals surface area contributed by atoms with E-state index in [1.165, 1.54) is 12.3 Å². The second-order valence-corrected chi connectivity index (χ2v) is 8.80. The minimum atomic E-state index is -4.04. The number of nitrogens with one attached hydrogen (secondary N) is 1. The lowest BCUT2D eigenvalue weighted by Crippen LogP contribution is -2.17. The highest BCUT2D eigenvalue weighted by atomic mass is 35.5. The van der Waals surface area contributed by atoms with Crippen molar-refractivity contribution < 1.29 is 17.9 Å². The fourth-order valence-electron chi connectivity index (χ4n) is 2.99. The highest BCUT2D eigenvalue weighted by Gasteiger charge is 2.26. The molecule has 1 aromatic heterocycles. The van der Waals surface area contributed by atoms with Gasteiger partial charge in [0.15, 0.2) is 0 Å². The molecule has 1 heterocycles. The van der Waals surface area contributed by atoms with Gasteiger partial charge in [0.25, 0.3) is 0 Å². The molecule has 1 saturated carbocycles. The zero-order chi connectivity index (χ0) is 20.6. The van der Waals surface area contributed by atoms with Crippen molar-refractivity contribution >= 4 is 44.0 Å². The van der Waals surface area contributed by atoms with Crippen molar-refractivity contribution in [3.8, 4) is 5.88 Å². The molecule has 0 radical (unpaired) electrons. The zero-order valence-corrected chi connectivity index (χ0v) is 16.8. The first kappa shape index (κ1) is 19.6. The van der Waals surface area contributed by atoms with Gasteiger partial charge in [-0.2, -0.15) is 0 Å². The molecule has 0 spiro atoms. The minimum absolute atomic E-state index is 0.0425. The third-order valence-electron chi connectivity index (χ3n) is 4.51. The second-order valence-electron chi connectivity index (χ2n) is 6.86. The van der Waals surface area contributed by atoms with Gasteiger partial charge in [-0.15, -0.1) is 0 Å². The van der Waals surface area contributed by atoms with Crippen LogP contribution in [0.2, 0.25) is 5.02 Å². The number of rotatable bonds is 6. The van der Waals surface area contributed by atoms with Gasteiger partial charge in [0.1, 0.15) is 6.10 Å². The Bertz CT molecular complexity index is 1210. The van der Waals surface area contributed by atoms with Crippen molar-refractivity contribution in [1.82, 2.24) is 4.98 Å². The van der Waals surface area contributed by atoms with E-state index < -0.39 is 10.0 Å². The SMILES string of the molecule is NS(=O)(=O)c1cc(NC(=O)Cc2ccccc2Cl)cc2c(OC3CC3)nccc12. The first-order valence-electron chi connectivity index (χ1n) is 8.97. The first-order valence-corrected chi connectivity index (χ1v) is 10.9. The Morgan fingerprint density at radius 2 is 1.97 bits per heavy atom. The fraction of sp³-hybridized carbons (Fsp3) is 0.200. The lowest BCUT2D eigenvalue weighted by atomic mass is 10.1.